The second-order valence-corrected chi connectivity index (χ2v) is 9.58. The van der Waals surface area contributed by atoms with Gasteiger partial charge in [0, 0.05) is 56.2 Å². The molecule has 7 heteroatoms. The highest BCUT2D eigenvalue weighted by atomic mass is 16.4. The second-order valence-electron chi connectivity index (χ2n) is 9.58. The van der Waals surface area contributed by atoms with Gasteiger partial charge in [0.2, 0.25) is 0 Å². The van der Waals surface area contributed by atoms with Crippen molar-refractivity contribution in [1.82, 2.24) is 15.2 Å². The Morgan fingerprint density at radius 3 is 2.13 bits per heavy atom. The van der Waals surface area contributed by atoms with Crippen LogP contribution in [-0.2, 0) is 17.9 Å². The van der Waals surface area contributed by atoms with Crippen molar-refractivity contribution >= 4 is 11.7 Å². The van der Waals surface area contributed by atoms with Crippen molar-refractivity contribution in [3.63, 3.8) is 0 Å². The van der Waals surface area contributed by atoms with Crippen LogP contribution in [0, 0.1) is 0 Å². The first-order valence-electron chi connectivity index (χ1n) is 12.9. The van der Waals surface area contributed by atoms with Gasteiger partial charge >= 0.3 is 5.97 Å². The number of nitrogens with zero attached hydrogens (tertiary/aromatic N) is 2. The standard InChI is InChI=1S/C31H32N4O3/c36-30-26(21-32-29(31(37)38)25-9-5-2-6-10-25)13-16-28(33-30)24-11-14-27(15-12-24)35-19-17-34(18-20-35)22-23-7-3-1-4-8-23/h1-16,29,32H,17-22H2,(H,33,36)(H,37,38)/t29-/m0/s1. The molecule has 38 heavy (non-hydrogen) atoms. The summed E-state index contributed by atoms with van der Waals surface area (Å²) in [6, 6.07) is 30.5. The molecule has 4 aromatic rings. The van der Waals surface area contributed by atoms with Gasteiger partial charge in [0.1, 0.15) is 6.04 Å². The SMILES string of the molecule is O=C(O)[C@@H](NCc1ccc(-c2ccc(N3CCN(Cc4ccccc4)CC3)cc2)[nH]c1=O)c1ccccc1. The summed E-state index contributed by atoms with van der Waals surface area (Å²) in [6.07, 6.45) is 0. The summed E-state index contributed by atoms with van der Waals surface area (Å²) in [6.45, 7) is 5.13. The molecule has 0 unspecified atom stereocenters. The van der Waals surface area contributed by atoms with Crippen LogP contribution >= 0.6 is 0 Å². The highest BCUT2D eigenvalue weighted by Gasteiger charge is 2.20. The minimum atomic E-state index is -0.984. The number of aromatic nitrogens is 1. The predicted molar refractivity (Wildman–Crippen MR) is 150 cm³/mol. The molecular weight excluding hydrogens is 476 g/mol. The summed E-state index contributed by atoms with van der Waals surface area (Å²) in [7, 11) is 0. The zero-order valence-corrected chi connectivity index (χ0v) is 21.2. The van der Waals surface area contributed by atoms with Gasteiger partial charge in [-0.1, -0.05) is 78.9 Å². The molecule has 1 atom stereocenters. The van der Waals surface area contributed by atoms with Crippen molar-refractivity contribution < 1.29 is 9.90 Å². The van der Waals surface area contributed by atoms with E-state index in [0.29, 0.717) is 11.1 Å². The van der Waals surface area contributed by atoms with E-state index >= 15 is 0 Å². The average molecular weight is 509 g/mol. The van der Waals surface area contributed by atoms with Crippen molar-refractivity contribution in [2.75, 3.05) is 31.1 Å². The number of pyridine rings is 1. The third kappa shape index (κ3) is 6.19. The molecule has 194 valence electrons. The van der Waals surface area contributed by atoms with E-state index in [1.54, 1.807) is 30.3 Å². The largest absolute Gasteiger partial charge is 0.480 e. The number of aliphatic carboxylic acids is 1. The zero-order valence-electron chi connectivity index (χ0n) is 21.2. The maximum Gasteiger partial charge on any atom is 0.325 e. The molecule has 3 aromatic carbocycles. The summed E-state index contributed by atoms with van der Waals surface area (Å²) in [5.41, 5.74) is 5.09. The average Bonchev–Trinajstić information content (AvgIpc) is 2.95. The molecule has 0 bridgehead atoms. The minimum Gasteiger partial charge on any atom is -0.480 e. The van der Waals surface area contributed by atoms with Crippen LogP contribution in [0.1, 0.15) is 22.7 Å². The van der Waals surface area contributed by atoms with Gasteiger partial charge in [0.05, 0.1) is 0 Å². The van der Waals surface area contributed by atoms with E-state index in [1.165, 1.54) is 11.3 Å². The molecule has 2 heterocycles. The fourth-order valence-electron chi connectivity index (χ4n) is 4.87. The van der Waals surface area contributed by atoms with Crippen LogP contribution in [0.25, 0.3) is 11.3 Å². The van der Waals surface area contributed by atoms with Crippen molar-refractivity contribution in [1.29, 1.82) is 0 Å². The Labute approximate surface area is 222 Å². The number of aromatic amines is 1. The molecule has 0 radical (unpaired) electrons. The lowest BCUT2D eigenvalue weighted by atomic mass is 10.1. The van der Waals surface area contributed by atoms with Gasteiger partial charge in [0.25, 0.3) is 5.56 Å². The Kier molecular flexibility index (Phi) is 7.97. The van der Waals surface area contributed by atoms with E-state index in [4.69, 9.17) is 0 Å². The maximum absolute atomic E-state index is 12.8. The number of hydrogen-bond donors (Lipinski definition) is 3. The third-order valence-corrected chi connectivity index (χ3v) is 7.03. The van der Waals surface area contributed by atoms with Crippen LogP contribution in [-0.4, -0.2) is 47.1 Å². The molecule has 1 aliphatic heterocycles. The number of anilines is 1. The van der Waals surface area contributed by atoms with Gasteiger partial charge in [-0.15, -0.1) is 0 Å². The normalized spacial score (nSPS) is 14.8. The van der Waals surface area contributed by atoms with E-state index in [9.17, 15) is 14.7 Å². The van der Waals surface area contributed by atoms with E-state index in [-0.39, 0.29) is 12.1 Å². The van der Waals surface area contributed by atoms with Gasteiger partial charge in [-0.05, 0) is 34.9 Å². The monoisotopic (exact) mass is 508 g/mol. The van der Waals surface area contributed by atoms with Crippen LogP contribution in [0.3, 0.4) is 0 Å². The number of benzene rings is 3. The quantitative estimate of drug-likeness (QED) is 0.313. The number of nitrogens with one attached hydrogen (secondary N) is 2. The molecular formula is C31H32N4O3. The van der Waals surface area contributed by atoms with E-state index < -0.39 is 12.0 Å². The van der Waals surface area contributed by atoms with Crippen molar-refractivity contribution in [2.24, 2.45) is 0 Å². The van der Waals surface area contributed by atoms with Crippen LogP contribution < -0.4 is 15.8 Å². The summed E-state index contributed by atoms with van der Waals surface area (Å²) >= 11 is 0. The number of H-pyrrole nitrogens is 1. The molecule has 0 aliphatic carbocycles. The highest BCUT2D eigenvalue weighted by molar-refractivity contribution is 5.75. The first-order chi connectivity index (χ1) is 18.6. The molecule has 7 nitrogen and oxygen atoms in total. The predicted octanol–water partition coefficient (Wildman–Crippen LogP) is 4.28. The fraction of sp³-hybridized carbons (Fsp3) is 0.226. The first kappa shape index (κ1) is 25.4. The van der Waals surface area contributed by atoms with E-state index in [0.717, 1.165) is 44.0 Å². The smallest absolute Gasteiger partial charge is 0.325 e. The van der Waals surface area contributed by atoms with Crippen LogP contribution in [0.4, 0.5) is 5.69 Å². The van der Waals surface area contributed by atoms with Gasteiger partial charge in [0.15, 0.2) is 0 Å². The summed E-state index contributed by atoms with van der Waals surface area (Å²) < 4.78 is 0. The lowest BCUT2D eigenvalue weighted by Crippen LogP contribution is -2.45. The van der Waals surface area contributed by atoms with Gasteiger partial charge in [-0.2, -0.15) is 0 Å². The minimum absolute atomic E-state index is 0.149. The van der Waals surface area contributed by atoms with Crippen LogP contribution in [0.15, 0.2) is 102 Å². The van der Waals surface area contributed by atoms with Crippen LogP contribution in [0.5, 0.6) is 0 Å². The molecule has 1 aliphatic rings. The molecule has 0 amide bonds. The number of piperazine rings is 1. The molecule has 0 saturated carbocycles. The maximum atomic E-state index is 12.8. The number of carboxylic acids is 1. The van der Waals surface area contributed by atoms with Gasteiger partial charge in [-0.25, -0.2) is 0 Å². The van der Waals surface area contributed by atoms with Crippen LogP contribution in [0.2, 0.25) is 0 Å². The highest BCUT2D eigenvalue weighted by Crippen LogP contribution is 2.23. The molecule has 1 saturated heterocycles. The Hall–Kier alpha value is -4.20. The molecule has 5 rings (SSSR count). The molecule has 3 N–H and O–H groups in total. The second kappa shape index (κ2) is 11.9. The molecule has 1 aromatic heterocycles. The zero-order chi connectivity index (χ0) is 26.3. The number of hydrogen-bond acceptors (Lipinski definition) is 5. The topological polar surface area (TPSA) is 88.7 Å². The Morgan fingerprint density at radius 2 is 1.50 bits per heavy atom. The Morgan fingerprint density at radius 1 is 0.842 bits per heavy atom. The van der Waals surface area contributed by atoms with E-state index in [1.807, 2.05) is 24.3 Å². The fourth-order valence-corrected chi connectivity index (χ4v) is 4.87. The summed E-state index contributed by atoms with van der Waals surface area (Å²) in [5, 5.41) is 12.6. The number of carboxylic acid groups (broad SMARTS) is 1. The Bertz CT molecular complexity index is 1400. The Balaban J connectivity index is 1.18. The van der Waals surface area contributed by atoms with Gasteiger partial charge in [-0.3, -0.25) is 19.8 Å². The van der Waals surface area contributed by atoms with Gasteiger partial charge < -0.3 is 15.0 Å². The summed E-state index contributed by atoms with van der Waals surface area (Å²) in [5.74, 6) is -0.984. The van der Waals surface area contributed by atoms with Crippen molar-refractivity contribution in [3.8, 4) is 11.3 Å². The first-order valence-corrected chi connectivity index (χ1v) is 12.9. The third-order valence-electron chi connectivity index (χ3n) is 7.03. The molecule has 0 spiro atoms. The summed E-state index contributed by atoms with van der Waals surface area (Å²) in [4.78, 5) is 32.3. The lowest BCUT2D eigenvalue weighted by Gasteiger charge is -2.36. The van der Waals surface area contributed by atoms with E-state index in [2.05, 4.69) is 62.6 Å². The van der Waals surface area contributed by atoms with Crippen molar-refractivity contribution in [3.05, 3.63) is 124 Å². The molecule has 1 fully saturated rings. The number of rotatable bonds is 9. The number of carbonyl (C=O) groups is 1. The van der Waals surface area contributed by atoms with Crippen molar-refractivity contribution in [2.45, 2.75) is 19.1 Å². The lowest BCUT2D eigenvalue weighted by molar-refractivity contribution is -0.139.